The molecule has 0 bridgehead atoms. The van der Waals surface area contributed by atoms with Gasteiger partial charge in [-0.05, 0) is 43.0 Å². The number of nitrogens with one attached hydrogen (secondary N) is 1. The van der Waals surface area contributed by atoms with E-state index in [0.29, 0.717) is 18.5 Å². The Morgan fingerprint density at radius 2 is 1.96 bits per heavy atom. The topological polar surface area (TPSA) is 68.2 Å². The molecule has 3 N–H and O–H groups in total. The largest absolute Gasteiger partial charge is 0.370 e. The quantitative estimate of drug-likeness (QED) is 0.576. The lowest BCUT2D eigenvalue weighted by Crippen LogP contribution is -2.38. The summed E-state index contributed by atoms with van der Waals surface area (Å²) in [7, 11) is 0. The van der Waals surface area contributed by atoms with Crippen molar-refractivity contribution in [3.05, 3.63) is 48.3 Å². The van der Waals surface area contributed by atoms with Gasteiger partial charge in [-0.2, -0.15) is 5.10 Å². The highest BCUT2D eigenvalue weighted by Gasteiger charge is 2.04. The van der Waals surface area contributed by atoms with Crippen molar-refractivity contribution < 1.29 is 0 Å². The predicted molar refractivity (Wildman–Crippen MR) is 100 cm³/mol. The fourth-order valence-electron chi connectivity index (χ4n) is 2.55. The highest BCUT2D eigenvalue weighted by molar-refractivity contribution is 5.78. The van der Waals surface area contributed by atoms with Gasteiger partial charge in [-0.15, -0.1) is 0 Å². The smallest absolute Gasteiger partial charge is 0.189 e. The van der Waals surface area contributed by atoms with Gasteiger partial charge in [-0.1, -0.05) is 38.8 Å². The van der Waals surface area contributed by atoms with Crippen molar-refractivity contribution >= 4 is 5.96 Å². The molecule has 1 heterocycles. The number of rotatable bonds is 8. The first-order valence-electron chi connectivity index (χ1n) is 8.70. The average Bonchev–Trinajstić information content (AvgIpc) is 3.07. The first kappa shape index (κ1) is 18.0. The molecule has 130 valence electrons. The number of aliphatic imine (C=N–C) groups is 1. The molecule has 5 nitrogen and oxygen atoms in total. The maximum absolute atomic E-state index is 5.99. The lowest BCUT2D eigenvalue weighted by molar-refractivity contribution is 0.493. The van der Waals surface area contributed by atoms with E-state index in [1.54, 1.807) is 6.20 Å². The molecular weight excluding hydrogens is 298 g/mol. The molecule has 2 aromatic rings. The first-order valence-corrected chi connectivity index (χ1v) is 8.70. The number of nitrogens with zero attached hydrogens (tertiary/aromatic N) is 3. The van der Waals surface area contributed by atoms with Crippen LogP contribution >= 0.6 is 0 Å². The summed E-state index contributed by atoms with van der Waals surface area (Å²) in [4.78, 5) is 4.43. The summed E-state index contributed by atoms with van der Waals surface area (Å²) < 4.78 is 1.84. The first-order chi connectivity index (χ1) is 11.5. The summed E-state index contributed by atoms with van der Waals surface area (Å²) in [5.41, 5.74) is 8.15. The van der Waals surface area contributed by atoms with Gasteiger partial charge in [-0.25, -0.2) is 9.67 Å². The van der Waals surface area contributed by atoms with Gasteiger partial charge in [0.2, 0.25) is 0 Å². The van der Waals surface area contributed by atoms with Crippen LogP contribution in [-0.4, -0.2) is 21.8 Å². The minimum absolute atomic E-state index is 0.356. The Morgan fingerprint density at radius 1 is 1.21 bits per heavy atom. The number of hydrogen-bond acceptors (Lipinski definition) is 2. The monoisotopic (exact) mass is 327 g/mol. The molecule has 0 aliphatic rings. The van der Waals surface area contributed by atoms with Crippen molar-refractivity contribution in [1.29, 1.82) is 0 Å². The van der Waals surface area contributed by atoms with Crippen LogP contribution in [0.4, 0.5) is 0 Å². The number of aromatic nitrogens is 2. The van der Waals surface area contributed by atoms with E-state index in [0.717, 1.165) is 23.6 Å². The number of benzene rings is 1. The van der Waals surface area contributed by atoms with Crippen molar-refractivity contribution in [2.24, 2.45) is 16.6 Å². The lowest BCUT2D eigenvalue weighted by atomic mass is 10.0. The van der Waals surface area contributed by atoms with E-state index in [2.05, 4.69) is 48.3 Å². The zero-order valence-electron chi connectivity index (χ0n) is 14.9. The van der Waals surface area contributed by atoms with Crippen LogP contribution in [0.25, 0.3) is 5.69 Å². The van der Waals surface area contributed by atoms with Gasteiger partial charge in [0.05, 0.1) is 12.2 Å². The third-order valence-electron chi connectivity index (χ3n) is 3.95. The molecule has 2 rings (SSSR count). The summed E-state index contributed by atoms with van der Waals surface area (Å²) >= 11 is 0. The molecule has 0 spiro atoms. The molecule has 0 radical (unpaired) electrons. The number of nitrogens with two attached hydrogens (primary N) is 1. The zero-order valence-corrected chi connectivity index (χ0v) is 14.9. The van der Waals surface area contributed by atoms with Gasteiger partial charge in [0.25, 0.3) is 0 Å². The fourth-order valence-corrected chi connectivity index (χ4v) is 2.55. The number of guanidine groups is 1. The van der Waals surface area contributed by atoms with E-state index in [1.807, 2.05) is 29.1 Å². The standard InChI is InChI=1S/C19H29N5/c1-15(2)6-4-7-16(3)23-19(20)21-14-17-8-10-18(11-9-17)24-13-5-12-22-24/h5,8-13,15-16H,4,6-7,14H2,1-3H3,(H3,20,21,23). The van der Waals surface area contributed by atoms with Gasteiger partial charge in [0, 0.05) is 18.4 Å². The van der Waals surface area contributed by atoms with Gasteiger partial charge in [0.15, 0.2) is 5.96 Å². The van der Waals surface area contributed by atoms with E-state index in [9.17, 15) is 0 Å². The molecule has 1 aromatic heterocycles. The van der Waals surface area contributed by atoms with Crippen LogP contribution in [0.2, 0.25) is 0 Å². The summed E-state index contributed by atoms with van der Waals surface area (Å²) in [5.74, 6) is 1.27. The Labute approximate surface area is 145 Å². The molecular formula is C19H29N5. The van der Waals surface area contributed by atoms with Gasteiger partial charge in [0.1, 0.15) is 0 Å². The number of hydrogen-bond donors (Lipinski definition) is 2. The van der Waals surface area contributed by atoms with E-state index >= 15 is 0 Å². The summed E-state index contributed by atoms with van der Waals surface area (Å²) in [6.45, 7) is 7.25. The van der Waals surface area contributed by atoms with Crippen molar-refractivity contribution in [1.82, 2.24) is 15.1 Å². The van der Waals surface area contributed by atoms with Crippen LogP contribution in [0.5, 0.6) is 0 Å². The molecule has 0 amide bonds. The molecule has 0 saturated carbocycles. The van der Waals surface area contributed by atoms with E-state index < -0.39 is 0 Å². The maximum atomic E-state index is 5.99. The average molecular weight is 327 g/mol. The fraction of sp³-hybridized carbons (Fsp3) is 0.474. The van der Waals surface area contributed by atoms with Crippen LogP contribution in [0.1, 0.15) is 45.6 Å². The van der Waals surface area contributed by atoms with Crippen molar-refractivity contribution in [2.75, 3.05) is 0 Å². The molecule has 0 aliphatic carbocycles. The van der Waals surface area contributed by atoms with E-state index in [4.69, 9.17) is 5.73 Å². The Morgan fingerprint density at radius 3 is 2.58 bits per heavy atom. The summed E-state index contributed by atoms with van der Waals surface area (Å²) in [6, 6.07) is 10.5. The molecule has 5 heteroatoms. The second-order valence-electron chi connectivity index (χ2n) is 6.69. The van der Waals surface area contributed by atoms with Crippen LogP contribution in [-0.2, 0) is 6.54 Å². The predicted octanol–water partition coefficient (Wildman–Crippen LogP) is 3.49. The second kappa shape index (κ2) is 9.11. The van der Waals surface area contributed by atoms with Gasteiger partial charge >= 0.3 is 0 Å². The van der Waals surface area contributed by atoms with Crippen molar-refractivity contribution in [3.63, 3.8) is 0 Å². The Balaban J connectivity index is 1.79. The molecule has 1 unspecified atom stereocenters. The Bertz CT molecular complexity index is 614. The summed E-state index contributed by atoms with van der Waals surface area (Å²) in [5, 5.41) is 7.49. The van der Waals surface area contributed by atoms with Gasteiger partial charge in [-0.3, -0.25) is 0 Å². The minimum atomic E-state index is 0.356. The molecule has 24 heavy (non-hydrogen) atoms. The van der Waals surface area contributed by atoms with Crippen LogP contribution in [0, 0.1) is 5.92 Å². The minimum Gasteiger partial charge on any atom is -0.370 e. The maximum Gasteiger partial charge on any atom is 0.189 e. The summed E-state index contributed by atoms with van der Waals surface area (Å²) in [6.07, 6.45) is 7.29. The highest BCUT2D eigenvalue weighted by atomic mass is 15.3. The van der Waals surface area contributed by atoms with E-state index in [1.165, 1.54) is 12.8 Å². The second-order valence-corrected chi connectivity index (χ2v) is 6.69. The van der Waals surface area contributed by atoms with Crippen LogP contribution < -0.4 is 11.1 Å². The van der Waals surface area contributed by atoms with Crippen LogP contribution in [0.15, 0.2) is 47.7 Å². The molecule has 0 saturated heterocycles. The third-order valence-corrected chi connectivity index (χ3v) is 3.95. The third kappa shape index (κ3) is 6.07. The SMILES string of the molecule is CC(C)CCCC(C)NC(N)=NCc1ccc(-n2cccn2)cc1. The lowest BCUT2D eigenvalue weighted by Gasteiger charge is -2.15. The Kier molecular flexibility index (Phi) is 6.85. The zero-order chi connectivity index (χ0) is 17.4. The Hall–Kier alpha value is -2.30. The molecule has 0 fully saturated rings. The van der Waals surface area contributed by atoms with Crippen molar-refractivity contribution in [3.8, 4) is 5.69 Å². The normalized spacial score (nSPS) is 13.2. The van der Waals surface area contributed by atoms with Gasteiger partial charge < -0.3 is 11.1 Å². The highest BCUT2D eigenvalue weighted by Crippen LogP contribution is 2.10. The van der Waals surface area contributed by atoms with Crippen LogP contribution in [0.3, 0.4) is 0 Å². The molecule has 1 atom stereocenters. The van der Waals surface area contributed by atoms with E-state index in [-0.39, 0.29) is 0 Å². The molecule has 1 aromatic carbocycles. The van der Waals surface area contributed by atoms with Crippen molar-refractivity contribution in [2.45, 2.75) is 52.6 Å². The molecule has 0 aliphatic heterocycles.